The van der Waals surface area contributed by atoms with E-state index in [9.17, 15) is 4.79 Å². The van der Waals surface area contributed by atoms with Gasteiger partial charge in [0.25, 0.3) is 0 Å². The number of carbonyl (C=O) groups excluding carboxylic acids is 1. The highest BCUT2D eigenvalue weighted by molar-refractivity contribution is 5.86. The van der Waals surface area contributed by atoms with Gasteiger partial charge in [-0.15, -0.1) is 0 Å². The average molecular weight is 303 g/mol. The van der Waals surface area contributed by atoms with Gasteiger partial charge in [-0.25, -0.2) is 4.79 Å². The van der Waals surface area contributed by atoms with Crippen LogP contribution in [0.1, 0.15) is 52.0 Å². The Morgan fingerprint density at radius 3 is 2.36 bits per heavy atom. The summed E-state index contributed by atoms with van der Waals surface area (Å²) in [7, 11) is 0. The lowest BCUT2D eigenvalue weighted by Gasteiger charge is -2.05. The fraction of sp³-hybridized carbons (Fsp3) is 0.474. The second-order valence-electron chi connectivity index (χ2n) is 5.64. The van der Waals surface area contributed by atoms with Crippen LogP contribution < -0.4 is 0 Å². The molecule has 0 unspecified atom stereocenters. The minimum Gasteiger partial charge on any atom is -0.462 e. The van der Waals surface area contributed by atoms with Crippen LogP contribution in [0.3, 0.4) is 0 Å². The topological polar surface area (TPSA) is 39.2 Å². The molecule has 0 atom stereocenters. The zero-order valence-corrected chi connectivity index (χ0v) is 14.2. The lowest BCUT2D eigenvalue weighted by molar-refractivity contribution is -0.139. The van der Waals surface area contributed by atoms with Crippen LogP contribution in [0.5, 0.6) is 0 Å². The summed E-state index contributed by atoms with van der Waals surface area (Å²) in [6, 6.07) is 3.82. The van der Waals surface area contributed by atoms with Crippen molar-refractivity contribution < 1.29 is 9.53 Å². The van der Waals surface area contributed by atoms with E-state index in [2.05, 4.69) is 32.0 Å². The van der Waals surface area contributed by atoms with Crippen LogP contribution in [-0.2, 0) is 9.53 Å². The minimum atomic E-state index is -0.270. The number of ether oxygens (including phenoxy) is 1. The first-order valence-electron chi connectivity index (χ1n) is 7.82. The van der Waals surface area contributed by atoms with E-state index in [0.29, 0.717) is 12.2 Å². The number of pyridine rings is 1. The molecule has 0 aliphatic rings. The molecule has 1 rings (SSSR count). The van der Waals surface area contributed by atoms with Gasteiger partial charge in [0.2, 0.25) is 0 Å². The summed E-state index contributed by atoms with van der Waals surface area (Å²) >= 11 is 0. The van der Waals surface area contributed by atoms with Crippen molar-refractivity contribution in [3.05, 3.63) is 48.8 Å². The summed E-state index contributed by atoms with van der Waals surface area (Å²) in [4.78, 5) is 14.8. The van der Waals surface area contributed by atoms with Crippen molar-refractivity contribution in [2.75, 3.05) is 6.61 Å². The van der Waals surface area contributed by atoms with Crippen molar-refractivity contribution in [2.45, 2.75) is 46.5 Å². The van der Waals surface area contributed by atoms with E-state index in [1.165, 1.54) is 12.8 Å². The Morgan fingerprint density at radius 2 is 1.91 bits per heavy atom. The largest absolute Gasteiger partial charge is 0.462 e. The van der Waals surface area contributed by atoms with E-state index in [1.807, 2.05) is 12.1 Å². The molecule has 0 radical (unpaired) electrons. The van der Waals surface area contributed by atoms with Gasteiger partial charge in [-0.05, 0) is 37.0 Å². The van der Waals surface area contributed by atoms with Gasteiger partial charge < -0.3 is 4.74 Å². The molecular weight excluding hydrogens is 274 g/mol. The summed E-state index contributed by atoms with van der Waals surface area (Å²) in [5, 5.41) is 0. The van der Waals surface area contributed by atoms with E-state index < -0.39 is 0 Å². The van der Waals surface area contributed by atoms with Crippen molar-refractivity contribution in [2.24, 2.45) is 5.92 Å². The normalized spacial score (nSPS) is 9.64. The minimum absolute atomic E-state index is 0.270. The maximum absolute atomic E-state index is 11.0. The lowest BCUT2D eigenvalue weighted by atomic mass is 10.1. The van der Waals surface area contributed by atoms with E-state index >= 15 is 0 Å². The molecular formula is C19H29NO2. The number of hydrogen-bond acceptors (Lipinski definition) is 3. The second-order valence-corrected chi connectivity index (χ2v) is 5.64. The third-order valence-corrected chi connectivity index (χ3v) is 2.95. The first kappa shape index (κ1) is 20.1. The third kappa shape index (κ3) is 11.9. The summed E-state index contributed by atoms with van der Waals surface area (Å²) in [6.07, 6.45) is 9.87. The summed E-state index contributed by atoms with van der Waals surface area (Å²) in [5.41, 5.74) is 1.59. The predicted octanol–water partition coefficient (Wildman–Crippen LogP) is 5.05. The lowest BCUT2D eigenvalue weighted by Crippen LogP contribution is -2.06. The van der Waals surface area contributed by atoms with Gasteiger partial charge in [0.15, 0.2) is 0 Å². The highest BCUT2D eigenvalue weighted by Gasteiger charge is 2.01. The number of aromatic nitrogens is 1. The van der Waals surface area contributed by atoms with Gasteiger partial charge in [0.1, 0.15) is 0 Å². The molecule has 0 aliphatic heterocycles. The van der Waals surface area contributed by atoms with Crippen molar-refractivity contribution in [1.29, 1.82) is 0 Å². The molecule has 1 aromatic heterocycles. The molecule has 3 nitrogen and oxygen atoms in total. The number of nitrogens with zero attached hydrogens (tertiary/aromatic N) is 1. The third-order valence-electron chi connectivity index (χ3n) is 2.95. The Balaban J connectivity index is 0.000000461. The van der Waals surface area contributed by atoms with E-state index in [0.717, 1.165) is 24.3 Å². The average Bonchev–Trinajstić information content (AvgIpc) is 2.51. The molecule has 0 saturated heterocycles. The van der Waals surface area contributed by atoms with E-state index in [1.54, 1.807) is 25.4 Å². The molecule has 0 saturated carbocycles. The molecule has 0 aliphatic carbocycles. The molecule has 0 amide bonds. The zero-order chi connectivity index (χ0) is 16.8. The Morgan fingerprint density at radius 1 is 1.27 bits per heavy atom. The van der Waals surface area contributed by atoms with Gasteiger partial charge >= 0.3 is 5.97 Å². The maximum Gasteiger partial charge on any atom is 0.333 e. The molecule has 0 spiro atoms. The molecule has 0 aromatic carbocycles. The fourth-order valence-corrected chi connectivity index (χ4v) is 1.62. The van der Waals surface area contributed by atoms with Crippen molar-refractivity contribution in [3.8, 4) is 0 Å². The number of esters is 1. The summed E-state index contributed by atoms with van der Waals surface area (Å²) < 4.78 is 4.97. The molecule has 1 aromatic rings. The molecule has 0 fully saturated rings. The van der Waals surface area contributed by atoms with Gasteiger partial charge in [0, 0.05) is 18.0 Å². The fourth-order valence-electron chi connectivity index (χ4n) is 1.62. The van der Waals surface area contributed by atoms with Crippen LogP contribution >= 0.6 is 0 Å². The standard InChI is InChI=1S/C12H22O2.C7H7N/c1-10(2)8-6-5-7-9-14-12(13)11(3)4;1-2-7-3-5-8-6-4-7/h10H,3,5-9H2,1-2,4H3;2-6H,1H2. The van der Waals surface area contributed by atoms with Crippen LogP contribution in [0, 0.1) is 5.92 Å². The Hall–Kier alpha value is -1.90. The molecule has 0 N–H and O–H groups in total. The van der Waals surface area contributed by atoms with Crippen LogP contribution in [0.2, 0.25) is 0 Å². The van der Waals surface area contributed by atoms with Gasteiger partial charge in [0.05, 0.1) is 6.61 Å². The number of hydrogen-bond donors (Lipinski definition) is 0. The Kier molecular flexibility index (Phi) is 11.7. The monoisotopic (exact) mass is 303 g/mol. The van der Waals surface area contributed by atoms with E-state index in [4.69, 9.17) is 4.74 Å². The van der Waals surface area contributed by atoms with Crippen LogP contribution in [0.25, 0.3) is 6.08 Å². The smallest absolute Gasteiger partial charge is 0.333 e. The molecule has 0 bridgehead atoms. The van der Waals surface area contributed by atoms with Gasteiger partial charge in [-0.3, -0.25) is 4.98 Å². The number of rotatable bonds is 8. The quantitative estimate of drug-likeness (QED) is 0.383. The first-order chi connectivity index (χ1) is 10.5. The van der Waals surface area contributed by atoms with E-state index in [-0.39, 0.29) is 5.97 Å². The predicted molar refractivity (Wildman–Crippen MR) is 93.4 cm³/mol. The maximum atomic E-state index is 11.0. The van der Waals surface area contributed by atoms with Gasteiger partial charge in [-0.1, -0.05) is 52.3 Å². The van der Waals surface area contributed by atoms with Crippen molar-refractivity contribution in [1.82, 2.24) is 4.98 Å². The zero-order valence-electron chi connectivity index (χ0n) is 14.2. The molecule has 1 heterocycles. The number of unbranched alkanes of at least 4 members (excludes halogenated alkanes) is 2. The Labute approximate surface area is 135 Å². The SMILES string of the molecule is C=C(C)C(=O)OCCCCCC(C)C.C=Cc1ccncc1. The molecule has 3 heteroatoms. The summed E-state index contributed by atoms with van der Waals surface area (Å²) in [5.74, 6) is 0.502. The van der Waals surface area contributed by atoms with Gasteiger partial charge in [-0.2, -0.15) is 0 Å². The molecule has 122 valence electrons. The number of carbonyl (C=O) groups is 1. The highest BCUT2D eigenvalue weighted by Crippen LogP contribution is 2.08. The second kappa shape index (κ2) is 12.8. The van der Waals surface area contributed by atoms with Crippen LogP contribution in [-0.4, -0.2) is 17.6 Å². The highest BCUT2D eigenvalue weighted by atomic mass is 16.5. The van der Waals surface area contributed by atoms with Crippen molar-refractivity contribution in [3.63, 3.8) is 0 Å². The Bertz CT molecular complexity index is 438. The van der Waals surface area contributed by atoms with Crippen molar-refractivity contribution >= 4 is 12.0 Å². The first-order valence-corrected chi connectivity index (χ1v) is 7.82. The summed E-state index contributed by atoms with van der Waals surface area (Å²) in [6.45, 7) is 13.8. The molecule has 22 heavy (non-hydrogen) atoms. The van der Waals surface area contributed by atoms with Crippen LogP contribution in [0.15, 0.2) is 43.3 Å². The van der Waals surface area contributed by atoms with Crippen LogP contribution in [0.4, 0.5) is 0 Å².